The van der Waals surface area contributed by atoms with Crippen molar-refractivity contribution >= 4 is 29.7 Å². The highest BCUT2D eigenvalue weighted by atomic mass is 32.2. The van der Waals surface area contributed by atoms with Gasteiger partial charge in [0.15, 0.2) is 0 Å². The van der Waals surface area contributed by atoms with E-state index in [1.54, 1.807) is 0 Å². The summed E-state index contributed by atoms with van der Waals surface area (Å²) in [4.78, 5) is 33.8. The Bertz CT molecular complexity index is 668. The summed E-state index contributed by atoms with van der Waals surface area (Å²) in [6.45, 7) is 8.77. The molecule has 0 aliphatic rings. The average Bonchev–Trinajstić information content (AvgIpc) is 2.67. The van der Waals surface area contributed by atoms with Crippen LogP contribution in [0.25, 0.3) is 0 Å². The number of allylic oxidation sites excluding steroid dienone is 5. The zero-order valence-corrected chi connectivity index (χ0v) is 20.1. The van der Waals surface area contributed by atoms with E-state index in [1.807, 2.05) is 0 Å². The van der Waals surface area contributed by atoms with Crippen molar-refractivity contribution in [1.29, 1.82) is 0 Å². The summed E-state index contributed by atoms with van der Waals surface area (Å²) >= 11 is 1.48. The Labute approximate surface area is 191 Å². The quantitative estimate of drug-likeness (QED) is 0.206. The molecule has 8 heteroatoms. The molecule has 0 heterocycles. The summed E-state index contributed by atoms with van der Waals surface area (Å²) in [7, 11) is 0. The largest absolute Gasteiger partial charge is 0.480 e. The molecule has 0 aromatic heterocycles. The van der Waals surface area contributed by atoms with E-state index in [-0.39, 0.29) is 18.9 Å². The van der Waals surface area contributed by atoms with Gasteiger partial charge >= 0.3 is 12.0 Å². The fourth-order valence-corrected chi connectivity index (χ4v) is 3.63. The first-order valence-corrected chi connectivity index (χ1v) is 11.8. The number of rotatable bonds is 16. The molecule has 0 bridgehead atoms. The minimum absolute atomic E-state index is 0.134. The van der Waals surface area contributed by atoms with Crippen LogP contribution in [-0.2, 0) is 9.59 Å². The smallest absolute Gasteiger partial charge is 0.327 e. The summed E-state index contributed by atoms with van der Waals surface area (Å²) < 4.78 is 0. The normalized spacial score (nSPS) is 12.8. The standard InChI is InChI=1S/C23H39N3O4S/c1-17(2)8-5-9-18(3)10-6-11-19(4)13-15-31-16-20(22(28)29)26-21(27)12-7-14-25-23(24)30/h8,10,13,20H,5-7,9,11-12,14-16H2,1-4H3,(H,26,27)(H,28,29)(H3,24,25,30)/b18-10+,19-13+/t20-/m0/s1. The van der Waals surface area contributed by atoms with Gasteiger partial charge in [-0.2, -0.15) is 11.8 Å². The van der Waals surface area contributed by atoms with Crippen LogP contribution in [0, 0.1) is 0 Å². The van der Waals surface area contributed by atoms with Crippen molar-refractivity contribution in [1.82, 2.24) is 10.6 Å². The van der Waals surface area contributed by atoms with Gasteiger partial charge in [0.2, 0.25) is 5.91 Å². The number of aliphatic carboxylic acids is 1. The predicted octanol–water partition coefficient (Wildman–Crippen LogP) is 4.16. The van der Waals surface area contributed by atoms with E-state index < -0.39 is 18.0 Å². The van der Waals surface area contributed by atoms with Crippen LogP contribution in [0.4, 0.5) is 4.79 Å². The molecule has 31 heavy (non-hydrogen) atoms. The van der Waals surface area contributed by atoms with Crippen molar-refractivity contribution in [3.8, 4) is 0 Å². The van der Waals surface area contributed by atoms with Crippen LogP contribution < -0.4 is 16.4 Å². The topological polar surface area (TPSA) is 122 Å². The van der Waals surface area contributed by atoms with Crippen LogP contribution in [0.2, 0.25) is 0 Å². The number of carbonyl (C=O) groups is 3. The zero-order chi connectivity index (χ0) is 23.6. The molecule has 0 rings (SSSR count). The van der Waals surface area contributed by atoms with Gasteiger partial charge in [-0.25, -0.2) is 9.59 Å². The number of urea groups is 1. The lowest BCUT2D eigenvalue weighted by atomic mass is 10.1. The second-order valence-corrected chi connectivity index (χ2v) is 8.93. The van der Waals surface area contributed by atoms with Gasteiger partial charge < -0.3 is 21.5 Å². The zero-order valence-electron chi connectivity index (χ0n) is 19.3. The SMILES string of the molecule is CC(C)=CCC/C(C)=C/CC/C(C)=C/CSC[C@H](NC(=O)CCCNC(N)=O)C(=O)O. The maximum atomic E-state index is 11.9. The molecule has 0 radical (unpaired) electrons. The summed E-state index contributed by atoms with van der Waals surface area (Å²) in [5.74, 6) is -0.395. The number of amides is 3. The van der Waals surface area contributed by atoms with Crippen molar-refractivity contribution in [2.75, 3.05) is 18.1 Å². The number of hydrogen-bond acceptors (Lipinski definition) is 4. The number of hydrogen-bond donors (Lipinski definition) is 4. The monoisotopic (exact) mass is 453 g/mol. The van der Waals surface area contributed by atoms with Gasteiger partial charge in [0, 0.05) is 24.5 Å². The van der Waals surface area contributed by atoms with Crippen molar-refractivity contribution < 1.29 is 19.5 Å². The molecule has 0 saturated carbocycles. The Kier molecular flexibility index (Phi) is 16.2. The van der Waals surface area contributed by atoms with Crippen LogP contribution in [0.1, 0.15) is 66.2 Å². The highest BCUT2D eigenvalue weighted by Gasteiger charge is 2.19. The van der Waals surface area contributed by atoms with E-state index in [4.69, 9.17) is 5.73 Å². The lowest BCUT2D eigenvalue weighted by Gasteiger charge is -2.14. The lowest BCUT2D eigenvalue weighted by molar-refractivity contribution is -0.141. The third-order valence-electron chi connectivity index (χ3n) is 4.47. The van der Waals surface area contributed by atoms with Crippen LogP contribution in [0.5, 0.6) is 0 Å². The van der Waals surface area contributed by atoms with Crippen LogP contribution in [0.3, 0.4) is 0 Å². The van der Waals surface area contributed by atoms with Gasteiger partial charge in [0.1, 0.15) is 6.04 Å². The Morgan fingerprint density at radius 2 is 1.58 bits per heavy atom. The molecule has 1 atom stereocenters. The summed E-state index contributed by atoms with van der Waals surface area (Å²) in [6.07, 6.45) is 11.4. The molecule has 0 spiro atoms. The first kappa shape index (κ1) is 28.8. The summed E-state index contributed by atoms with van der Waals surface area (Å²) in [6, 6.07) is -1.57. The number of primary amides is 1. The van der Waals surface area contributed by atoms with Crippen molar-refractivity contribution in [2.24, 2.45) is 5.73 Å². The van der Waals surface area contributed by atoms with Gasteiger partial charge in [-0.15, -0.1) is 0 Å². The molecular formula is C23H39N3O4S. The van der Waals surface area contributed by atoms with E-state index in [0.29, 0.717) is 17.9 Å². The van der Waals surface area contributed by atoms with Gasteiger partial charge in [-0.3, -0.25) is 4.79 Å². The van der Waals surface area contributed by atoms with Crippen LogP contribution >= 0.6 is 11.8 Å². The molecular weight excluding hydrogens is 414 g/mol. The fourth-order valence-electron chi connectivity index (χ4n) is 2.63. The van der Waals surface area contributed by atoms with Gasteiger partial charge in [0.05, 0.1) is 0 Å². The molecule has 0 unspecified atom stereocenters. The molecule has 5 N–H and O–H groups in total. The first-order chi connectivity index (χ1) is 14.6. The van der Waals surface area contributed by atoms with E-state index in [1.165, 1.54) is 28.5 Å². The average molecular weight is 454 g/mol. The summed E-state index contributed by atoms with van der Waals surface area (Å²) in [5, 5.41) is 14.2. The number of carboxylic acid groups (broad SMARTS) is 1. The Hall–Kier alpha value is -2.22. The second kappa shape index (κ2) is 17.5. The fraction of sp³-hybridized carbons (Fsp3) is 0.609. The molecule has 176 valence electrons. The molecule has 0 fully saturated rings. The van der Waals surface area contributed by atoms with E-state index in [2.05, 4.69) is 56.6 Å². The Morgan fingerprint density at radius 3 is 2.16 bits per heavy atom. The first-order valence-electron chi connectivity index (χ1n) is 10.7. The van der Waals surface area contributed by atoms with Gasteiger partial charge in [-0.1, -0.05) is 34.9 Å². The second-order valence-electron chi connectivity index (χ2n) is 7.85. The number of carboxylic acids is 1. The number of carbonyl (C=O) groups excluding carboxylic acids is 2. The molecule has 3 amide bonds. The highest BCUT2D eigenvalue weighted by Crippen LogP contribution is 2.13. The molecule has 0 aromatic carbocycles. The van der Waals surface area contributed by atoms with E-state index in [9.17, 15) is 19.5 Å². The minimum Gasteiger partial charge on any atom is -0.480 e. The van der Waals surface area contributed by atoms with Gasteiger partial charge in [-0.05, 0) is 59.8 Å². The Morgan fingerprint density at radius 1 is 0.968 bits per heavy atom. The lowest BCUT2D eigenvalue weighted by Crippen LogP contribution is -2.42. The minimum atomic E-state index is -1.05. The number of thioether (sulfide) groups is 1. The molecule has 0 aromatic rings. The van der Waals surface area contributed by atoms with Crippen molar-refractivity contribution in [3.63, 3.8) is 0 Å². The summed E-state index contributed by atoms with van der Waals surface area (Å²) in [5.41, 5.74) is 8.98. The highest BCUT2D eigenvalue weighted by molar-refractivity contribution is 7.99. The molecule has 0 aliphatic carbocycles. The van der Waals surface area contributed by atoms with Crippen LogP contribution in [0.15, 0.2) is 34.9 Å². The third kappa shape index (κ3) is 18.3. The predicted molar refractivity (Wildman–Crippen MR) is 129 cm³/mol. The van der Waals surface area contributed by atoms with E-state index >= 15 is 0 Å². The van der Waals surface area contributed by atoms with Crippen molar-refractivity contribution in [2.45, 2.75) is 72.3 Å². The number of nitrogens with two attached hydrogens (primary N) is 1. The Balaban J connectivity index is 4.17. The third-order valence-corrected chi connectivity index (χ3v) is 5.44. The molecule has 7 nitrogen and oxygen atoms in total. The van der Waals surface area contributed by atoms with Gasteiger partial charge in [0.25, 0.3) is 0 Å². The molecule has 0 saturated heterocycles. The molecule has 0 aliphatic heterocycles. The van der Waals surface area contributed by atoms with E-state index in [0.717, 1.165) is 25.7 Å². The van der Waals surface area contributed by atoms with Crippen LogP contribution in [-0.4, -0.2) is 47.1 Å². The maximum Gasteiger partial charge on any atom is 0.327 e. The maximum absolute atomic E-state index is 11.9. The van der Waals surface area contributed by atoms with Crippen molar-refractivity contribution in [3.05, 3.63) is 34.9 Å². The number of nitrogens with one attached hydrogen (secondary N) is 2.